The first-order valence-corrected chi connectivity index (χ1v) is 7.45. The number of rotatable bonds is 4. The van der Waals surface area contributed by atoms with Crippen molar-refractivity contribution in [2.24, 2.45) is 5.92 Å². The van der Waals surface area contributed by atoms with Gasteiger partial charge in [-0.3, -0.25) is 9.59 Å². The van der Waals surface area contributed by atoms with Crippen LogP contribution in [0.2, 0.25) is 0 Å². The van der Waals surface area contributed by atoms with Crippen molar-refractivity contribution in [3.63, 3.8) is 0 Å². The Balaban J connectivity index is 1.44. The van der Waals surface area contributed by atoms with Crippen LogP contribution in [0, 0.1) is 5.92 Å². The molecule has 2 fully saturated rings. The normalized spacial score (nSPS) is 18.5. The third kappa shape index (κ3) is 3.51. The number of pyridine rings is 1. The van der Waals surface area contributed by atoms with Gasteiger partial charge in [0.15, 0.2) is 0 Å². The monoisotopic (exact) mass is 288 g/mol. The summed E-state index contributed by atoms with van der Waals surface area (Å²) in [6.45, 7) is 3.03. The summed E-state index contributed by atoms with van der Waals surface area (Å²) < 4.78 is 0. The maximum absolute atomic E-state index is 12.1. The van der Waals surface area contributed by atoms with E-state index >= 15 is 0 Å². The summed E-state index contributed by atoms with van der Waals surface area (Å²) in [6, 6.07) is 5.84. The van der Waals surface area contributed by atoms with Crippen molar-refractivity contribution in [2.45, 2.75) is 12.8 Å². The first-order chi connectivity index (χ1) is 10.2. The van der Waals surface area contributed by atoms with Gasteiger partial charge in [-0.25, -0.2) is 4.98 Å². The largest absolute Gasteiger partial charge is 0.353 e. The maximum Gasteiger partial charge on any atom is 0.242 e. The average molecular weight is 288 g/mol. The zero-order valence-corrected chi connectivity index (χ0v) is 12.0. The van der Waals surface area contributed by atoms with E-state index in [2.05, 4.69) is 15.2 Å². The molecule has 0 aromatic carbocycles. The van der Waals surface area contributed by atoms with Crippen molar-refractivity contribution in [1.82, 2.24) is 15.2 Å². The summed E-state index contributed by atoms with van der Waals surface area (Å²) in [5.41, 5.74) is 0. The third-order valence-electron chi connectivity index (χ3n) is 3.97. The number of amides is 2. The van der Waals surface area contributed by atoms with Gasteiger partial charge in [-0.2, -0.15) is 0 Å². The molecule has 1 aliphatic heterocycles. The second kappa shape index (κ2) is 6.11. The summed E-state index contributed by atoms with van der Waals surface area (Å²) in [7, 11) is 0. The molecular formula is C15H20N4O2. The quantitative estimate of drug-likeness (QED) is 0.863. The molecule has 2 aliphatic rings. The molecule has 1 aromatic heterocycles. The fourth-order valence-electron chi connectivity index (χ4n) is 2.49. The third-order valence-corrected chi connectivity index (χ3v) is 3.97. The Morgan fingerprint density at radius 3 is 2.57 bits per heavy atom. The molecule has 0 radical (unpaired) electrons. The predicted octanol–water partition coefficient (Wildman–Crippen LogP) is 0.256. The number of aromatic nitrogens is 1. The van der Waals surface area contributed by atoms with Crippen LogP contribution in [0.25, 0.3) is 0 Å². The molecule has 1 aliphatic carbocycles. The van der Waals surface area contributed by atoms with Gasteiger partial charge in [-0.05, 0) is 25.0 Å². The number of hydrogen-bond acceptors (Lipinski definition) is 4. The van der Waals surface area contributed by atoms with E-state index in [1.807, 2.05) is 23.1 Å². The van der Waals surface area contributed by atoms with Gasteiger partial charge in [-0.1, -0.05) is 6.07 Å². The van der Waals surface area contributed by atoms with Gasteiger partial charge < -0.3 is 15.1 Å². The van der Waals surface area contributed by atoms with Gasteiger partial charge in [0.25, 0.3) is 0 Å². The van der Waals surface area contributed by atoms with Crippen LogP contribution in [0.1, 0.15) is 12.8 Å². The van der Waals surface area contributed by atoms with Crippen LogP contribution < -0.4 is 10.2 Å². The summed E-state index contributed by atoms with van der Waals surface area (Å²) in [5, 5.41) is 2.73. The molecule has 0 unspecified atom stereocenters. The molecule has 1 aromatic rings. The number of anilines is 1. The molecule has 0 atom stereocenters. The highest BCUT2D eigenvalue weighted by molar-refractivity contribution is 5.87. The smallest absolute Gasteiger partial charge is 0.242 e. The van der Waals surface area contributed by atoms with E-state index in [9.17, 15) is 9.59 Å². The Kier molecular flexibility index (Phi) is 4.03. The zero-order chi connectivity index (χ0) is 14.7. The molecule has 6 nitrogen and oxygen atoms in total. The van der Waals surface area contributed by atoms with Gasteiger partial charge in [-0.15, -0.1) is 0 Å². The molecule has 6 heteroatoms. The Hall–Kier alpha value is -2.11. The van der Waals surface area contributed by atoms with Crippen LogP contribution in [0.3, 0.4) is 0 Å². The fraction of sp³-hybridized carbons (Fsp3) is 0.533. The van der Waals surface area contributed by atoms with E-state index in [-0.39, 0.29) is 24.3 Å². The van der Waals surface area contributed by atoms with E-state index in [0.29, 0.717) is 13.1 Å². The zero-order valence-electron chi connectivity index (χ0n) is 12.0. The molecule has 1 saturated heterocycles. The van der Waals surface area contributed by atoms with Crippen molar-refractivity contribution < 1.29 is 9.59 Å². The molecule has 3 rings (SSSR count). The van der Waals surface area contributed by atoms with Crippen LogP contribution in [0.4, 0.5) is 5.82 Å². The minimum atomic E-state index is 0.00432. The first kappa shape index (κ1) is 13.9. The highest BCUT2D eigenvalue weighted by Gasteiger charge is 2.30. The number of carbonyl (C=O) groups excluding carboxylic acids is 2. The lowest BCUT2D eigenvalue weighted by atomic mass is 10.3. The molecule has 0 spiro atoms. The Morgan fingerprint density at radius 1 is 1.19 bits per heavy atom. The molecule has 1 saturated carbocycles. The van der Waals surface area contributed by atoms with Crippen molar-refractivity contribution in [3.8, 4) is 0 Å². The molecular weight excluding hydrogens is 268 g/mol. The van der Waals surface area contributed by atoms with Gasteiger partial charge in [0.2, 0.25) is 11.8 Å². The van der Waals surface area contributed by atoms with E-state index < -0.39 is 0 Å². The van der Waals surface area contributed by atoms with Gasteiger partial charge in [0.1, 0.15) is 5.82 Å². The lowest BCUT2D eigenvalue weighted by Crippen LogP contribution is -2.51. The first-order valence-electron chi connectivity index (χ1n) is 7.45. The standard InChI is InChI=1S/C15H20N4O2/c20-14(11-17-15(21)12-4-5-12)19-9-7-18(8-10-19)13-3-1-2-6-16-13/h1-3,6,12H,4-5,7-11H2,(H,17,21). The summed E-state index contributed by atoms with van der Waals surface area (Å²) >= 11 is 0. The number of nitrogens with zero attached hydrogens (tertiary/aromatic N) is 3. The maximum atomic E-state index is 12.1. The molecule has 2 heterocycles. The second-order valence-electron chi connectivity index (χ2n) is 5.55. The van der Waals surface area contributed by atoms with Gasteiger partial charge in [0.05, 0.1) is 6.54 Å². The van der Waals surface area contributed by atoms with Crippen molar-refractivity contribution >= 4 is 17.6 Å². The SMILES string of the molecule is O=C(NCC(=O)N1CCN(c2ccccn2)CC1)C1CC1. The predicted molar refractivity (Wildman–Crippen MR) is 78.8 cm³/mol. The molecule has 1 N–H and O–H groups in total. The van der Waals surface area contributed by atoms with Crippen LogP contribution in [0.15, 0.2) is 24.4 Å². The Labute approximate surface area is 124 Å². The van der Waals surface area contributed by atoms with Gasteiger partial charge in [0, 0.05) is 38.3 Å². The summed E-state index contributed by atoms with van der Waals surface area (Å²) in [6.07, 6.45) is 3.70. The van der Waals surface area contributed by atoms with Crippen LogP contribution >= 0.6 is 0 Å². The number of carbonyl (C=O) groups is 2. The highest BCUT2D eigenvalue weighted by atomic mass is 16.2. The minimum Gasteiger partial charge on any atom is -0.353 e. The fourth-order valence-corrected chi connectivity index (χ4v) is 2.49. The molecule has 112 valence electrons. The lowest BCUT2D eigenvalue weighted by Gasteiger charge is -2.35. The number of piperazine rings is 1. The summed E-state index contributed by atoms with van der Waals surface area (Å²) in [4.78, 5) is 31.9. The summed E-state index contributed by atoms with van der Waals surface area (Å²) in [5.74, 6) is 1.13. The Bertz CT molecular complexity index is 508. The second-order valence-corrected chi connectivity index (χ2v) is 5.55. The van der Waals surface area contributed by atoms with Crippen LogP contribution in [-0.2, 0) is 9.59 Å². The Morgan fingerprint density at radius 2 is 1.95 bits per heavy atom. The topological polar surface area (TPSA) is 65.5 Å². The van der Waals surface area contributed by atoms with Crippen LogP contribution in [0.5, 0.6) is 0 Å². The molecule has 21 heavy (non-hydrogen) atoms. The van der Waals surface area contributed by atoms with Crippen LogP contribution in [-0.4, -0.2) is 54.4 Å². The van der Waals surface area contributed by atoms with E-state index in [0.717, 1.165) is 31.7 Å². The highest BCUT2D eigenvalue weighted by Crippen LogP contribution is 2.28. The minimum absolute atomic E-state index is 0.00432. The molecule has 0 bridgehead atoms. The van der Waals surface area contributed by atoms with E-state index in [1.165, 1.54) is 0 Å². The van der Waals surface area contributed by atoms with Crippen molar-refractivity contribution in [1.29, 1.82) is 0 Å². The van der Waals surface area contributed by atoms with Gasteiger partial charge >= 0.3 is 0 Å². The number of hydrogen-bond donors (Lipinski definition) is 1. The molecule has 2 amide bonds. The average Bonchev–Trinajstić information content (AvgIpc) is 3.38. The lowest BCUT2D eigenvalue weighted by molar-refractivity contribution is -0.133. The van der Waals surface area contributed by atoms with Crippen molar-refractivity contribution in [2.75, 3.05) is 37.6 Å². The van der Waals surface area contributed by atoms with Crippen molar-refractivity contribution in [3.05, 3.63) is 24.4 Å². The number of nitrogens with one attached hydrogen (secondary N) is 1. The van der Waals surface area contributed by atoms with E-state index in [4.69, 9.17) is 0 Å². The van der Waals surface area contributed by atoms with E-state index in [1.54, 1.807) is 6.20 Å².